The Balaban J connectivity index is 1.98. The van der Waals surface area contributed by atoms with E-state index in [2.05, 4.69) is 0 Å². The first-order valence-corrected chi connectivity index (χ1v) is 7.24. The molecule has 0 aromatic heterocycles. The van der Waals surface area contributed by atoms with Gasteiger partial charge in [-0.2, -0.15) is 0 Å². The number of carbonyl (C=O) groups is 1. The number of carboxylic acid groups (broad SMARTS) is 1. The molecular weight excluding hydrogens is 280 g/mol. The van der Waals surface area contributed by atoms with Crippen molar-refractivity contribution in [2.24, 2.45) is 0 Å². The van der Waals surface area contributed by atoms with Gasteiger partial charge in [-0.25, -0.2) is 0 Å². The molecule has 0 heterocycles. The fourth-order valence-electron chi connectivity index (χ4n) is 2.17. The summed E-state index contributed by atoms with van der Waals surface area (Å²) >= 11 is 0. The number of carboxylic acids is 1. The number of ether oxygens (including phenoxy) is 2. The third kappa shape index (κ3) is 4.81. The summed E-state index contributed by atoms with van der Waals surface area (Å²) in [5, 5.41) is 8.67. The molecule has 0 spiro atoms. The molecule has 2 aromatic carbocycles. The van der Waals surface area contributed by atoms with Crippen LogP contribution < -0.4 is 9.47 Å². The van der Waals surface area contributed by atoms with Gasteiger partial charge in [-0.1, -0.05) is 36.4 Å². The third-order valence-electron chi connectivity index (χ3n) is 3.32. The first-order chi connectivity index (χ1) is 10.7. The number of hydrogen-bond acceptors (Lipinski definition) is 3. The monoisotopic (exact) mass is 300 g/mol. The molecule has 0 aliphatic carbocycles. The largest absolute Gasteiger partial charge is 0.493 e. The van der Waals surface area contributed by atoms with Crippen molar-refractivity contribution < 1.29 is 19.4 Å². The van der Waals surface area contributed by atoms with Gasteiger partial charge >= 0.3 is 5.97 Å². The molecular formula is C18H20O4. The van der Waals surface area contributed by atoms with E-state index in [1.807, 2.05) is 48.5 Å². The Morgan fingerprint density at radius 1 is 1.05 bits per heavy atom. The summed E-state index contributed by atoms with van der Waals surface area (Å²) in [5.74, 6) is 0.590. The minimum absolute atomic E-state index is 0.175. The van der Waals surface area contributed by atoms with Crippen LogP contribution in [0.25, 0.3) is 0 Å². The topological polar surface area (TPSA) is 55.8 Å². The van der Waals surface area contributed by atoms with Crippen LogP contribution in [-0.4, -0.2) is 18.2 Å². The van der Waals surface area contributed by atoms with E-state index < -0.39 is 5.97 Å². The number of methoxy groups -OCH3 is 1. The van der Waals surface area contributed by atoms with Gasteiger partial charge in [0.1, 0.15) is 6.61 Å². The fraction of sp³-hybridized carbons (Fsp3) is 0.278. The second-order valence-corrected chi connectivity index (χ2v) is 5.01. The fourth-order valence-corrected chi connectivity index (χ4v) is 2.17. The predicted molar refractivity (Wildman–Crippen MR) is 84.3 cm³/mol. The maximum Gasteiger partial charge on any atom is 0.303 e. The van der Waals surface area contributed by atoms with Crippen molar-refractivity contribution in [3.05, 3.63) is 59.7 Å². The zero-order chi connectivity index (χ0) is 15.8. The van der Waals surface area contributed by atoms with Crippen LogP contribution in [-0.2, 0) is 17.8 Å². The number of rotatable bonds is 8. The summed E-state index contributed by atoms with van der Waals surface area (Å²) in [6.45, 7) is 0.482. The molecule has 116 valence electrons. The van der Waals surface area contributed by atoms with Crippen molar-refractivity contribution in [1.29, 1.82) is 0 Å². The molecule has 0 bridgehead atoms. The lowest BCUT2D eigenvalue weighted by atomic mass is 10.1. The first kappa shape index (κ1) is 15.9. The lowest BCUT2D eigenvalue weighted by molar-refractivity contribution is -0.137. The highest BCUT2D eigenvalue weighted by molar-refractivity contribution is 5.66. The van der Waals surface area contributed by atoms with Crippen LogP contribution >= 0.6 is 0 Å². The highest BCUT2D eigenvalue weighted by Gasteiger charge is 2.07. The number of aliphatic carboxylic acids is 1. The van der Waals surface area contributed by atoms with E-state index >= 15 is 0 Å². The van der Waals surface area contributed by atoms with Crippen LogP contribution in [0.4, 0.5) is 0 Å². The lowest BCUT2D eigenvalue weighted by Gasteiger charge is -2.12. The molecule has 0 aliphatic heterocycles. The second-order valence-electron chi connectivity index (χ2n) is 5.01. The van der Waals surface area contributed by atoms with Crippen molar-refractivity contribution in [1.82, 2.24) is 0 Å². The zero-order valence-electron chi connectivity index (χ0n) is 12.6. The molecule has 0 radical (unpaired) electrons. The summed E-state index contributed by atoms with van der Waals surface area (Å²) in [7, 11) is 1.60. The van der Waals surface area contributed by atoms with Crippen LogP contribution in [0.15, 0.2) is 48.5 Å². The maximum absolute atomic E-state index is 10.5. The van der Waals surface area contributed by atoms with E-state index in [9.17, 15) is 4.79 Å². The lowest BCUT2D eigenvalue weighted by Crippen LogP contribution is -1.99. The predicted octanol–water partition coefficient (Wildman–Crippen LogP) is 3.68. The molecule has 0 unspecified atom stereocenters. The van der Waals surface area contributed by atoms with Gasteiger partial charge in [0.05, 0.1) is 7.11 Å². The Hall–Kier alpha value is -2.49. The smallest absolute Gasteiger partial charge is 0.303 e. The Labute approximate surface area is 130 Å². The average molecular weight is 300 g/mol. The van der Waals surface area contributed by atoms with Gasteiger partial charge in [-0.05, 0) is 36.1 Å². The highest BCUT2D eigenvalue weighted by atomic mass is 16.5. The highest BCUT2D eigenvalue weighted by Crippen LogP contribution is 2.29. The van der Waals surface area contributed by atoms with E-state index in [1.165, 1.54) is 0 Å². The molecule has 2 rings (SSSR count). The van der Waals surface area contributed by atoms with E-state index in [0.717, 1.165) is 11.1 Å². The molecule has 0 fully saturated rings. The molecule has 0 saturated carbocycles. The Morgan fingerprint density at radius 3 is 2.50 bits per heavy atom. The molecule has 1 N–H and O–H groups in total. The number of aryl methyl sites for hydroxylation is 1. The van der Waals surface area contributed by atoms with E-state index in [-0.39, 0.29) is 6.42 Å². The van der Waals surface area contributed by atoms with Crippen molar-refractivity contribution in [2.45, 2.75) is 25.9 Å². The zero-order valence-corrected chi connectivity index (χ0v) is 12.6. The van der Waals surface area contributed by atoms with Crippen molar-refractivity contribution in [3.8, 4) is 11.5 Å². The Kier molecular flexibility index (Phi) is 5.83. The molecule has 2 aromatic rings. The second kappa shape index (κ2) is 8.08. The van der Waals surface area contributed by atoms with Gasteiger partial charge in [-0.3, -0.25) is 4.79 Å². The van der Waals surface area contributed by atoms with Crippen molar-refractivity contribution >= 4 is 5.97 Å². The van der Waals surface area contributed by atoms with E-state index in [1.54, 1.807) is 7.11 Å². The molecule has 0 aliphatic rings. The van der Waals surface area contributed by atoms with Crippen molar-refractivity contribution in [3.63, 3.8) is 0 Å². The first-order valence-electron chi connectivity index (χ1n) is 7.24. The van der Waals surface area contributed by atoms with Crippen LogP contribution in [0.1, 0.15) is 24.0 Å². The summed E-state index contributed by atoms with van der Waals surface area (Å²) in [6, 6.07) is 15.7. The molecule has 0 amide bonds. The van der Waals surface area contributed by atoms with Crippen LogP contribution in [0.3, 0.4) is 0 Å². The normalized spacial score (nSPS) is 10.2. The number of benzene rings is 2. The minimum atomic E-state index is -0.769. The van der Waals surface area contributed by atoms with Gasteiger partial charge in [0.15, 0.2) is 11.5 Å². The molecule has 0 atom stereocenters. The van der Waals surface area contributed by atoms with Gasteiger partial charge in [0.2, 0.25) is 0 Å². The molecule has 22 heavy (non-hydrogen) atoms. The van der Waals surface area contributed by atoms with Crippen LogP contribution in [0.2, 0.25) is 0 Å². The summed E-state index contributed by atoms with van der Waals surface area (Å²) < 4.78 is 11.2. The SMILES string of the molecule is COc1cc(CCCC(=O)O)ccc1OCc1ccccc1. The number of hydrogen-bond donors (Lipinski definition) is 1. The van der Waals surface area contributed by atoms with Crippen molar-refractivity contribution in [2.75, 3.05) is 7.11 Å². The average Bonchev–Trinajstić information content (AvgIpc) is 2.54. The summed E-state index contributed by atoms with van der Waals surface area (Å²) in [5.41, 5.74) is 2.14. The molecule has 4 heteroatoms. The Bertz CT molecular complexity index is 608. The molecule has 0 saturated heterocycles. The summed E-state index contributed by atoms with van der Waals surface area (Å²) in [4.78, 5) is 10.5. The third-order valence-corrected chi connectivity index (χ3v) is 3.32. The van der Waals surface area contributed by atoms with Crippen LogP contribution in [0.5, 0.6) is 11.5 Å². The molecule has 4 nitrogen and oxygen atoms in total. The maximum atomic E-state index is 10.5. The quantitative estimate of drug-likeness (QED) is 0.808. The minimum Gasteiger partial charge on any atom is -0.493 e. The van der Waals surface area contributed by atoms with Crippen LogP contribution in [0, 0.1) is 0 Å². The van der Waals surface area contributed by atoms with E-state index in [4.69, 9.17) is 14.6 Å². The Morgan fingerprint density at radius 2 is 1.82 bits per heavy atom. The van der Waals surface area contributed by atoms with Gasteiger partial charge in [0.25, 0.3) is 0 Å². The van der Waals surface area contributed by atoms with E-state index in [0.29, 0.717) is 30.9 Å². The van der Waals surface area contributed by atoms with Gasteiger partial charge < -0.3 is 14.6 Å². The van der Waals surface area contributed by atoms with Gasteiger partial charge in [-0.15, -0.1) is 0 Å². The summed E-state index contributed by atoms with van der Waals surface area (Å²) in [6.07, 6.45) is 1.50. The van der Waals surface area contributed by atoms with Gasteiger partial charge in [0, 0.05) is 6.42 Å². The standard InChI is InChI=1S/C18H20O4/c1-21-17-12-14(8-5-9-18(19)20)10-11-16(17)22-13-15-6-3-2-4-7-15/h2-4,6-7,10-12H,5,8-9,13H2,1H3,(H,19,20).